The normalized spacial score (nSPS) is 12.0. The molecule has 0 aliphatic carbocycles. The number of imidazole rings is 2. The van der Waals surface area contributed by atoms with Gasteiger partial charge in [-0.15, -0.1) is 22.7 Å². The van der Waals surface area contributed by atoms with Gasteiger partial charge in [0.2, 0.25) is 0 Å². The van der Waals surface area contributed by atoms with Gasteiger partial charge in [0.05, 0.1) is 36.1 Å². The molecule has 0 saturated carbocycles. The fraction of sp³-hybridized carbons (Fsp3) is 0.375. The van der Waals surface area contributed by atoms with Gasteiger partial charge in [-0.3, -0.25) is 23.4 Å². The highest BCUT2D eigenvalue weighted by Crippen LogP contribution is 2.35. The molecule has 16 nitrogen and oxygen atoms in total. The second kappa shape index (κ2) is 19.8. The first-order chi connectivity index (χ1) is 29.7. The van der Waals surface area contributed by atoms with Crippen LogP contribution >= 0.6 is 45.7 Å². The molecule has 22 heteroatoms. The quantitative estimate of drug-likeness (QED) is 0.0373. The second-order valence-electron chi connectivity index (χ2n) is 16.8. The average Bonchev–Trinajstić information content (AvgIpc) is 4.08. The zero-order valence-electron chi connectivity index (χ0n) is 36.0. The third kappa shape index (κ3) is 11.1. The summed E-state index contributed by atoms with van der Waals surface area (Å²) in [7, 11) is -2.40. The van der Waals surface area contributed by atoms with Gasteiger partial charge in [0.15, 0.2) is 29.2 Å². The van der Waals surface area contributed by atoms with Gasteiger partial charge in [-0.05, 0) is 55.1 Å². The van der Waals surface area contributed by atoms with Crippen LogP contribution in [-0.4, -0.2) is 102 Å². The summed E-state index contributed by atoms with van der Waals surface area (Å²) >= 11 is 5.70. The van der Waals surface area contributed by atoms with Gasteiger partial charge >= 0.3 is 0 Å². The summed E-state index contributed by atoms with van der Waals surface area (Å²) in [5.41, 5.74) is 5.98. The lowest BCUT2D eigenvalue weighted by Gasteiger charge is -2.23. The van der Waals surface area contributed by atoms with E-state index in [1.165, 1.54) is 23.1 Å². The van der Waals surface area contributed by atoms with Crippen LogP contribution in [0.4, 0.5) is 21.6 Å². The van der Waals surface area contributed by atoms with Crippen LogP contribution in [0, 0.1) is 13.8 Å². The molecule has 0 aliphatic heterocycles. The number of fused-ring (bicyclic) bond motifs is 2. The molecule has 0 aliphatic rings. The van der Waals surface area contributed by atoms with Crippen molar-refractivity contribution >= 4 is 101 Å². The van der Waals surface area contributed by atoms with Gasteiger partial charge in [-0.2, -0.15) is 8.75 Å². The molecule has 0 atom stereocenters. The first kappa shape index (κ1) is 45.4. The Hall–Kier alpha value is -4.66. The van der Waals surface area contributed by atoms with Gasteiger partial charge in [-0.1, -0.05) is 39.3 Å². The van der Waals surface area contributed by atoms with Gasteiger partial charge in [0.25, 0.3) is 0 Å². The largest absolute Gasteiger partial charge is 0.390 e. The monoisotopic (exact) mass is 946 g/mol. The molecule has 8 aromatic heterocycles. The number of anilines is 4. The molecule has 0 spiro atoms. The number of aliphatic hydroxyl groups excluding tert-OH is 1. The Bertz CT molecular complexity index is 2700. The second-order valence-corrected chi connectivity index (χ2v) is 31.4. The van der Waals surface area contributed by atoms with E-state index < -0.39 is 16.1 Å². The maximum absolute atomic E-state index is 11.2. The zero-order chi connectivity index (χ0) is 44.0. The van der Waals surface area contributed by atoms with E-state index in [9.17, 15) is 9.90 Å². The molecule has 1 N–H and O–H groups in total. The Morgan fingerprint density at radius 2 is 1.19 bits per heavy atom. The topological polar surface area (TPSA) is 174 Å². The summed E-state index contributed by atoms with van der Waals surface area (Å²) in [4.78, 5) is 42.9. The molecule has 0 saturated heterocycles. The lowest BCUT2D eigenvalue weighted by atomic mass is 10.4. The van der Waals surface area contributed by atoms with Crippen LogP contribution in [0.3, 0.4) is 0 Å². The number of aromatic nitrogens is 10. The summed E-state index contributed by atoms with van der Waals surface area (Å²) in [6.07, 6.45) is 11.9. The first-order valence-corrected chi connectivity index (χ1v) is 30.6. The smallest absolute Gasteiger partial charge is 0.181 e. The van der Waals surface area contributed by atoms with Crippen molar-refractivity contribution in [1.29, 1.82) is 0 Å². The average molecular weight is 947 g/mol. The summed E-state index contributed by atoms with van der Waals surface area (Å²) in [5, 5.41) is 16.8. The molecule has 8 heterocycles. The Labute approximate surface area is 378 Å². The fourth-order valence-electron chi connectivity index (χ4n) is 6.05. The molecule has 0 bridgehead atoms. The third-order valence-corrected chi connectivity index (χ3v) is 16.0. The highest BCUT2D eigenvalue weighted by Gasteiger charge is 2.24. The highest BCUT2D eigenvalue weighted by atomic mass is 32.1. The number of rotatable bonds is 18. The van der Waals surface area contributed by atoms with Gasteiger partial charge in [0, 0.05) is 71.0 Å². The molecule has 0 radical (unpaired) electrons. The number of nitrogens with zero attached hydrogens (tertiary/aromatic N) is 12. The maximum atomic E-state index is 11.2. The first-order valence-electron chi connectivity index (χ1n) is 19.9. The number of aldehydes is 1. The summed E-state index contributed by atoms with van der Waals surface area (Å²) < 4.78 is 24.7. The van der Waals surface area contributed by atoms with E-state index in [1.807, 2.05) is 74.1 Å². The minimum absolute atomic E-state index is 0.102. The van der Waals surface area contributed by atoms with Gasteiger partial charge < -0.3 is 14.6 Å². The Balaban J connectivity index is 0.000000186. The van der Waals surface area contributed by atoms with Crippen LogP contribution in [0.1, 0.15) is 27.6 Å². The molecule has 62 heavy (non-hydrogen) atoms. The molecule has 326 valence electrons. The van der Waals surface area contributed by atoms with Crippen molar-refractivity contribution in [2.45, 2.75) is 71.8 Å². The minimum Gasteiger partial charge on any atom is -0.390 e. The standard InChI is InChI=1S/C20H26N6O2S2Si.C20H24N6O2S2Si/c2*1-14-11-25-16(20-21-5-7-29-20)10-22-18(25)19(23-14)26(13-28-6-8-31(2,3)4)17-9-15(12-27)24-30-17/h5,7,9-11,27H,6,8,12-13H2,1-4H3;5,7,9-12H,6,8,13H2,1-4H3. The van der Waals surface area contributed by atoms with Crippen molar-refractivity contribution in [2.24, 2.45) is 0 Å². The summed E-state index contributed by atoms with van der Waals surface area (Å²) in [5.74, 6) is 1.36. The van der Waals surface area contributed by atoms with Gasteiger partial charge in [-0.25, -0.2) is 29.9 Å². The van der Waals surface area contributed by atoms with Crippen LogP contribution < -0.4 is 9.80 Å². The molecule has 0 unspecified atom stereocenters. The van der Waals surface area contributed by atoms with Crippen molar-refractivity contribution in [2.75, 3.05) is 36.5 Å². The number of aryl methyl sites for hydroxylation is 2. The minimum atomic E-state index is -1.21. The Morgan fingerprint density at radius 1 is 0.710 bits per heavy atom. The van der Waals surface area contributed by atoms with E-state index in [4.69, 9.17) is 19.4 Å². The Kier molecular flexibility index (Phi) is 14.5. The summed E-state index contributed by atoms with van der Waals surface area (Å²) in [6.45, 7) is 19.8. The number of hydrogen-bond acceptors (Lipinski definition) is 18. The van der Waals surface area contributed by atoms with Crippen molar-refractivity contribution in [1.82, 2.24) is 47.5 Å². The molecule has 8 aromatic rings. The van der Waals surface area contributed by atoms with Crippen LogP contribution in [0.5, 0.6) is 0 Å². The number of hydrogen-bond donors (Lipinski definition) is 1. The highest BCUT2D eigenvalue weighted by molar-refractivity contribution is 7.13. The molecule has 8 rings (SSSR count). The number of ether oxygens (including phenoxy) is 2. The van der Waals surface area contributed by atoms with Crippen molar-refractivity contribution in [3.63, 3.8) is 0 Å². The SMILES string of the molecule is Cc1cn2c(-c3nccs3)cnc2c(N(COCC[Si](C)(C)C)c2cc(C=O)ns2)n1.Cc1cn2c(-c3nccs3)cnc2c(N(COCC[Si](C)(C)C)c2cc(CO)ns2)n1. The van der Waals surface area contributed by atoms with Crippen molar-refractivity contribution in [3.8, 4) is 21.4 Å². The number of aliphatic hydroxyl groups is 1. The van der Waals surface area contributed by atoms with E-state index in [2.05, 4.69) is 68.0 Å². The van der Waals surface area contributed by atoms with Crippen molar-refractivity contribution in [3.05, 3.63) is 82.8 Å². The zero-order valence-corrected chi connectivity index (χ0v) is 41.2. The molecular weight excluding hydrogens is 897 g/mol. The number of carbonyl (C=O) groups is 1. The van der Waals surface area contributed by atoms with Crippen LogP contribution in [0.15, 0.2) is 60.1 Å². The lowest BCUT2D eigenvalue weighted by molar-refractivity contribution is 0.112. The van der Waals surface area contributed by atoms with Gasteiger partial charge in [0.1, 0.15) is 50.6 Å². The van der Waals surface area contributed by atoms with E-state index >= 15 is 0 Å². The molecule has 0 amide bonds. The molecule has 0 fully saturated rings. The predicted octanol–water partition coefficient (Wildman–Crippen LogP) is 9.44. The van der Waals surface area contributed by atoms with E-state index in [0.717, 1.165) is 66.8 Å². The summed E-state index contributed by atoms with van der Waals surface area (Å²) in [6, 6.07) is 5.78. The molecule has 0 aromatic carbocycles. The predicted molar refractivity (Wildman–Crippen MR) is 255 cm³/mol. The third-order valence-electron chi connectivity index (χ3n) is 9.32. The van der Waals surface area contributed by atoms with Crippen molar-refractivity contribution < 1.29 is 19.4 Å². The molecular formula is C40H50N12O4S4Si2. The van der Waals surface area contributed by atoms with E-state index in [1.54, 1.807) is 41.1 Å². The van der Waals surface area contributed by atoms with Crippen LogP contribution in [-0.2, 0) is 16.1 Å². The number of carbonyl (C=O) groups excluding carboxylic acids is 1. The maximum Gasteiger partial charge on any atom is 0.181 e. The van der Waals surface area contributed by atoms with Crippen LogP contribution in [0.2, 0.25) is 51.4 Å². The van der Waals surface area contributed by atoms with E-state index in [0.29, 0.717) is 55.3 Å². The van der Waals surface area contributed by atoms with Crippen LogP contribution in [0.25, 0.3) is 32.7 Å². The number of thiazole rings is 2. The fourth-order valence-corrected chi connectivity index (χ4v) is 10.3. The van der Waals surface area contributed by atoms with E-state index in [-0.39, 0.29) is 6.61 Å². The lowest BCUT2D eigenvalue weighted by Crippen LogP contribution is -2.26. The Morgan fingerprint density at radius 3 is 1.60 bits per heavy atom.